The van der Waals surface area contributed by atoms with Crippen molar-refractivity contribution in [1.29, 1.82) is 10.5 Å². The summed E-state index contributed by atoms with van der Waals surface area (Å²) in [5.74, 6) is 1.13. The summed E-state index contributed by atoms with van der Waals surface area (Å²) in [6.45, 7) is 1.65. The summed E-state index contributed by atoms with van der Waals surface area (Å²) in [6, 6.07) is 13.2. The first-order chi connectivity index (χ1) is 16.8. The number of nitriles is 2. The maximum absolute atomic E-state index is 9.99. The quantitative estimate of drug-likeness (QED) is 0.252. The van der Waals surface area contributed by atoms with Crippen molar-refractivity contribution >= 4 is 33.3 Å². The predicted molar refractivity (Wildman–Crippen MR) is 133 cm³/mol. The summed E-state index contributed by atoms with van der Waals surface area (Å²) in [5.41, 5.74) is 0.0407. The maximum atomic E-state index is 9.99. The Hall–Kier alpha value is -3.57. The van der Waals surface area contributed by atoms with Crippen LogP contribution < -0.4 is 10.1 Å². The van der Waals surface area contributed by atoms with Crippen molar-refractivity contribution in [3.05, 3.63) is 59.5 Å². The average Bonchev–Trinajstić information content (AvgIpc) is 2.85. The van der Waals surface area contributed by atoms with E-state index in [2.05, 4.69) is 32.4 Å². The Bertz CT molecular complexity index is 1240. The molecule has 3 heterocycles. The zero-order valence-electron chi connectivity index (χ0n) is 19.1. The van der Waals surface area contributed by atoms with Gasteiger partial charge in [-0.05, 0) is 25.1 Å². The molecule has 0 saturated heterocycles. The molecule has 1 unspecified atom stereocenters. The summed E-state index contributed by atoms with van der Waals surface area (Å²) >= 11 is 1.36. The van der Waals surface area contributed by atoms with Gasteiger partial charge >= 0.3 is 0 Å². The Balaban J connectivity index is 1.91. The third-order valence-corrected chi connectivity index (χ3v) is 5.60. The first-order valence-electron chi connectivity index (χ1n) is 10.4. The lowest BCUT2D eigenvalue weighted by atomic mass is 9.76. The van der Waals surface area contributed by atoms with Gasteiger partial charge in [0.2, 0.25) is 5.88 Å². The molecule has 0 bridgehead atoms. The second-order valence-electron chi connectivity index (χ2n) is 7.35. The van der Waals surface area contributed by atoms with Crippen LogP contribution in [0.15, 0.2) is 47.8 Å². The molecule has 0 aliphatic carbocycles. The van der Waals surface area contributed by atoms with Crippen molar-refractivity contribution in [1.82, 2.24) is 15.0 Å². The van der Waals surface area contributed by atoms with Gasteiger partial charge in [-0.25, -0.2) is 9.97 Å². The van der Waals surface area contributed by atoms with Crippen LogP contribution in [-0.4, -0.2) is 61.1 Å². The fraction of sp³-hybridized carbons (Fsp3) is 0.261. The van der Waals surface area contributed by atoms with Crippen LogP contribution in [-0.2, 0) is 10.5 Å². The summed E-state index contributed by atoms with van der Waals surface area (Å²) in [6.07, 6.45) is 2.60. The minimum atomic E-state index is -2.26. The van der Waals surface area contributed by atoms with Crippen LogP contribution in [0.1, 0.15) is 23.7 Å². The fourth-order valence-electron chi connectivity index (χ4n) is 3.15. The number of aromatic nitrogens is 3. The van der Waals surface area contributed by atoms with E-state index in [1.807, 2.05) is 18.2 Å². The highest BCUT2D eigenvalue weighted by atomic mass is 32.2. The molecular formula is C23H20B2N6O3S. The number of anilines is 1. The van der Waals surface area contributed by atoms with E-state index in [9.17, 15) is 15.6 Å². The lowest BCUT2D eigenvalue weighted by Gasteiger charge is -2.24. The van der Waals surface area contributed by atoms with E-state index in [1.165, 1.54) is 18.0 Å². The summed E-state index contributed by atoms with van der Waals surface area (Å²) in [4.78, 5) is 13.1. The van der Waals surface area contributed by atoms with Gasteiger partial charge in [-0.15, -0.1) is 0 Å². The van der Waals surface area contributed by atoms with E-state index in [-0.39, 0.29) is 23.6 Å². The van der Waals surface area contributed by atoms with Gasteiger partial charge < -0.3 is 19.9 Å². The van der Waals surface area contributed by atoms with Gasteiger partial charge in [0.15, 0.2) is 0 Å². The second kappa shape index (κ2) is 11.7. The number of thioether (sulfide) groups is 1. The van der Waals surface area contributed by atoms with Crippen molar-refractivity contribution in [2.75, 3.05) is 19.0 Å². The first-order valence-corrected chi connectivity index (χ1v) is 11.4. The highest BCUT2D eigenvalue weighted by Gasteiger charge is 2.22. The minimum absolute atomic E-state index is 0.0312. The van der Waals surface area contributed by atoms with Crippen LogP contribution in [0.25, 0.3) is 11.1 Å². The van der Waals surface area contributed by atoms with E-state index < -0.39 is 11.7 Å². The molecule has 0 aliphatic heterocycles. The highest BCUT2D eigenvalue weighted by Crippen LogP contribution is 2.37. The zero-order chi connectivity index (χ0) is 25.4. The molecule has 3 aromatic rings. The van der Waals surface area contributed by atoms with Gasteiger partial charge in [0.05, 0.1) is 22.9 Å². The largest absolute Gasteiger partial charge is 0.475 e. The molecule has 0 saturated carbocycles. The van der Waals surface area contributed by atoms with Crippen molar-refractivity contribution < 1.29 is 14.6 Å². The SMILES string of the molecule is [B]C([B])(O)OC(C)COc1ccc(-c2c(C#N)c(NC)nc(SCc3ccccn3)c2C#N)cn1. The van der Waals surface area contributed by atoms with Gasteiger partial charge in [0.25, 0.3) is 0 Å². The van der Waals surface area contributed by atoms with Crippen molar-refractivity contribution in [3.63, 3.8) is 0 Å². The Morgan fingerprint density at radius 1 is 1.17 bits per heavy atom. The predicted octanol–water partition coefficient (Wildman–Crippen LogP) is 2.34. The van der Waals surface area contributed by atoms with E-state index in [1.54, 1.807) is 32.3 Å². The normalized spacial score (nSPS) is 11.8. The van der Waals surface area contributed by atoms with Crippen LogP contribution in [0.5, 0.6) is 5.88 Å². The number of rotatable bonds is 10. The van der Waals surface area contributed by atoms with Gasteiger partial charge in [-0.2, -0.15) is 10.5 Å². The minimum Gasteiger partial charge on any atom is -0.475 e. The fourth-order valence-corrected chi connectivity index (χ4v) is 4.05. The van der Waals surface area contributed by atoms with Crippen LogP contribution in [0.2, 0.25) is 0 Å². The van der Waals surface area contributed by atoms with Gasteiger partial charge in [-0.3, -0.25) is 4.98 Å². The topological polar surface area (TPSA) is 137 Å². The molecule has 0 fully saturated rings. The average molecular weight is 482 g/mol. The standard InChI is InChI=1S/C23H20B2N6O3S/c1-14(34-23(24,25)32)12-33-19-7-6-15(11-30-19)20-17(9-26)21(28-2)31-22(18(20)10-27)35-13-16-5-3-4-8-29-16/h3-8,11,14,32H,12-13H2,1-2H3,(H,28,31). The molecule has 0 aromatic carbocycles. The number of hydrogen-bond acceptors (Lipinski definition) is 10. The summed E-state index contributed by atoms with van der Waals surface area (Å²) in [5, 5.41) is 32.5. The van der Waals surface area contributed by atoms with E-state index in [4.69, 9.17) is 25.2 Å². The second-order valence-corrected chi connectivity index (χ2v) is 8.31. The molecule has 2 N–H and O–H groups in total. The molecule has 4 radical (unpaired) electrons. The van der Waals surface area contributed by atoms with E-state index >= 15 is 0 Å². The van der Waals surface area contributed by atoms with E-state index in [0.717, 1.165) is 5.69 Å². The van der Waals surface area contributed by atoms with Crippen molar-refractivity contribution in [2.45, 2.75) is 29.4 Å². The van der Waals surface area contributed by atoms with Crippen LogP contribution >= 0.6 is 11.8 Å². The first kappa shape index (κ1) is 26.0. The number of ether oxygens (including phenoxy) is 2. The zero-order valence-corrected chi connectivity index (χ0v) is 19.9. The van der Waals surface area contributed by atoms with Crippen LogP contribution in [0, 0.1) is 22.7 Å². The monoisotopic (exact) mass is 482 g/mol. The summed E-state index contributed by atoms with van der Waals surface area (Å²) < 4.78 is 10.5. The molecule has 0 spiro atoms. The Morgan fingerprint density at radius 2 is 1.94 bits per heavy atom. The molecular weight excluding hydrogens is 462 g/mol. The van der Waals surface area contributed by atoms with Crippen LogP contribution in [0.3, 0.4) is 0 Å². The van der Waals surface area contributed by atoms with E-state index in [0.29, 0.717) is 27.7 Å². The molecule has 3 rings (SSSR count). The number of nitrogens with zero attached hydrogens (tertiary/aromatic N) is 5. The van der Waals surface area contributed by atoms with Crippen molar-refractivity contribution in [3.8, 4) is 29.1 Å². The molecule has 172 valence electrons. The van der Waals surface area contributed by atoms with Gasteiger partial charge in [-0.1, -0.05) is 17.8 Å². The molecule has 3 aromatic heterocycles. The molecule has 0 amide bonds. The number of pyridine rings is 3. The summed E-state index contributed by atoms with van der Waals surface area (Å²) in [7, 11) is 12.1. The Labute approximate surface area is 210 Å². The molecule has 0 aliphatic rings. The number of aliphatic hydroxyl groups is 1. The Kier molecular flexibility index (Phi) is 8.72. The third-order valence-electron chi connectivity index (χ3n) is 4.59. The third kappa shape index (κ3) is 6.96. The lowest BCUT2D eigenvalue weighted by Crippen LogP contribution is -2.38. The molecule has 1 atom stereocenters. The Morgan fingerprint density at radius 3 is 2.51 bits per heavy atom. The maximum Gasteiger partial charge on any atom is 0.213 e. The number of nitrogens with one attached hydrogen (secondary N) is 1. The highest BCUT2D eigenvalue weighted by molar-refractivity contribution is 7.98. The lowest BCUT2D eigenvalue weighted by molar-refractivity contribution is -0.119. The van der Waals surface area contributed by atoms with Crippen molar-refractivity contribution in [2.24, 2.45) is 0 Å². The van der Waals surface area contributed by atoms with Crippen LogP contribution in [0.4, 0.5) is 5.82 Å². The number of hydrogen-bond donors (Lipinski definition) is 2. The molecule has 9 nitrogen and oxygen atoms in total. The molecule has 12 heteroatoms. The molecule has 35 heavy (non-hydrogen) atoms. The van der Waals surface area contributed by atoms with Gasteiger partial charge in [0.1, 0.15) is 50.8 Å². The smallest absolute Gasteiger partial charge is 0.213 e. The van der Waals surface area contributed by atoms with Gasteiger partial charge in [0, 0.05) is 42.4 Å².